The van der Waals surface area contributed by atoms with Crippen LogP contribution in [0.1, 0.15) is 45.5 Å². The van der Waals surface area contributed by atoms with Gasteiger partial charge in [-0.3, -0.25) is 9.69 Å². The molecule has 2 aromatic carbocycles. The number of amides is 1. The van der Waals surface area contributed by atoms with E-state index in [0.717, 1.165) is 25.5 Å². The smallest absolute Gasteiger partial charge is 0.384 e. The van der Waals surface area contributed by atoms with Crippen LogP contribution in [0.2, 0.25) is 0 Å². The summed E-state index contributed by atoms with van der Waals surface area (Å²) in [6.45, 7) is 0.668. The molecule has 208 valence electrons. The third-order valence-electron chi connectivity index (χ3n) is 7.39. The molecule has 1 fully saturated rings. The van der Waals surface area contributed by atoms with E-state index in [-0.39, 0.29) is 35.9 Å². The van der Waals surface area contributed by atoms with Crippen molar-refractivity contribution in [1.82, 2.24) is 25.1 Å². The van der Waals surface area contributed by atoms with E-state index in [9.17, 15) is 23.2 Å². The number of alkyl halides is 3. The number of hydrogen-bond donors (Lipinski definition) is 2. The standard InChI is InChI=1S/C29H25F3N8O/c1-39-15-36-38-27(39)20-5-4-17(11-33)6-21(20)19-9-25(34)37-26(10-19)40-14-23-22(28(40)41)7-18(8-24(23)29(30,31)32)13-35-12-16-2-3-16/h4-10,15-16,35H,2-3,12-14H2,1H3,(H2,34,37). The minimum absolute atomic E-state index is 0.0000676. The molecule has 0 radical (unpaired) electrons. The lowest BCUT2D eigenvalue weighted by atomic mass is 9.97. The second kappa shape index (κ2) is 10.0. The highest BCUT2D eigenvalue weighted by atomic mass is 19.4. The summed E-state index contributed by atoms with van der Waals surface area (Å²) in [6, 6.07) is 13.0. The van der Waals surface area contributed by atoms with Crippen LogP contribution in [0.5, 0.6) is 0 Å². The number of aryl methyl sites for hydroxylation is 1. The van der Waals surface area contributed by atoms with Gasteiger partial charge in [0.05, 0.1) is 23.7 Å². The molecular weight excluding hydrogens is 533 g/mol. The number of pyridine rings is 1. The first-order valence-corrected chi connectivity index (χ1v) is 13.0. The lowest BCUT2D eigenvalue weighted by Gasteiger charge is -2.18. The molecule has 4 aromatic rings. The predicted molar refractivity (Wildman–Crippen MR) is 145 cm³/mol. The van der Waals surface area contributed by atoms with E-state index >= 15 is 0 Å². The average molecular weight is 559 g/mol. The maximum Gasteiger partial charge on any atom is 0.416 e. The van der Waals surface area contributed by atoms with E-state index in [4.69, 9.17) is 5.73 Å². The fraction of sp³-hybridized carbons (Fsp3) is 0.276. The lowest BCUT2D eigenvalue weighted by molar-refractivity contribution is -0.138. The first-order chi connectivity index (χ1) is 19.6. The highest BCUT2D eigenvalue weighted by Gasteiger charge is 2.41. The molecule has 1 aliphatic heterocycles. The number of aromatic nitrogens is 4. The Balaban J connectivity index is 1.40. The van der Waals surface area contributed by atoms with Crippen LogP contribution in [0.15, 0.2) is 48.8 Å². The molecule has 12 heteroatoms. The Labute approximate surface area is 233 Å². The van der Waals surface area contributed by atoms with Crippen molar-refractivity contribution < 1.29 is 18.0 Å². The number of carbonyl (C=O) groups is 1. The van der Waals surface area contributed by atoms with Crippen LogP contribution in [0.25, 0.3) is 22.5 Å². The van der Waals surface area contributed by atoms with E-state index in [1.54, 1.807) is 41.9 Å². The Hall–Kier alpha value is -4.76. The van der Waals surface area contributed by atoms with Gasteiger partial charge in [-0.1, -0.05) is 0 Å². The molecule has 0 saturated heterocycles. The van der Waals surface area contributed by atoms with Gasteiger partial charge in [-0.2, -0.15) is 18.4 Å². The molecule has 1 amide bonds. The Morgan fingerprint density at radius 1 is 1.12 bits per heavy atom. The Morgan fingerprint density at radius 2 is 1.93 bits per heavy atom. The molecular formula is C29H25F3N8O. The zero-order valence-corrected chi connectivity index (χ0v) is 22.0. The first kappa shape index (κ1) is 26.5. The Bertz CT molecular complexity index is 1720. The van der Waals surface area contributed by atoms with Crippen LogP contribution < -0.4 is 16.0 Å². The Kier molecular flexibility index (Phi) is 6.46. The van der Waals surface area contributed by atoms with Gasteiger partial charge in [0.25, 0.3) is 5.91 Å². The van der Waals surface area contributed by atoms with Crippen LogP contribution in [0.3, 0.4) is 0 Å². The van der Waals surface area contributed by atoms with Gasteiger partial charge in [0.15, 0.2) is 5.82 Å². The zero-order chi connectivity index (χ0) is 28.9. The predicted octanol–water partition coefficient (Wildman–Crippen LogP) is 4.68. The van der Waals surface area contributed by atoms with E-state index < -0.39 is 17.6 Å². The number of nitrogen functional groups attached to an aromatic ring is 1. The summed E-state index contributed by atoms with van der Waals surface area (Å²) in [5.41, 5.74) is 7.77. The molecule has 2 aromatic heterocycles. The van der Waals surface area contributed by atoms with Crippen molar-refractivity contribution in [2.75, 3.05) is 17.2 Å². The fourth-order valence-corrected chi connectivity index (χ4v) is 5.16. The van der Waals surface area contributed by atoms with Crippen molar-refractivity contribution in [1.29, 1.82) is 5.26 Å². The highest BCUT2D eigenvalue weighted by molar-refractivity contribution is 6.10. The fourth-order valence-electron chi connectivity index (χ4n) is 5.16. The Morgan fingerprint density at radius 3 is 2.61 bits per heavy atom. The van der Waals surface area contributed by atoms with Crippen LogP contribution in [0, 0.1) is 17.2 Å². The number of hydrogen-bond acceptors (Lipinski definition) is 7. The number of nitrogens with zero attached hydrogens (tertiary/aromatic N) is 6. The molecule has 0 bridgehead atoms. The second-order valence-corrected chi connectivity index (χ2v) is 10.4. The second-order valence-electron chi connectivity index (χ2n) is 10.4. The number of benzene rings is 2. The molecule has 9 nitrogen and oxygen atoms in total. The van der Waals surface area contributed by atoms with Gasteiger partial charge < -0.3 is 15.6 Å². The van der Waals surface area contributed by atoms with Crippen LogP contribution >= 0.6 is 0 Å². The molecule has 3 heterocycles. The largest absolute Gasteiger partial charge is 0.416 e. The third kappa shape index (κ3) is 5.12. The lowest BCUT2D eigenvalue weighted by Crippen LogP contribution is -2.24. The monoisotopic (exact) mass is 558 g/mol. The summed E-state index contributed by atoms with van der Waals surface area (Å²) >= 11 is 0. The quantitative estimate of drug-likeness (QED) is 0.337. The number of nitrogens with two attached hydrogens (primary N) is 1. The topological polar surface area (TPSA) is 126 Å². The summed E-state index contributed by atoms with van der Waals surface area (Å²) in [7, 11) is 1.78. The summed E-state index contributed by atoms with van der Waals surface area (Å²) in [4.78, 5) is 19.1. The SMILES string of the molecule is Cn1cnnc1-c1ccc(C#N)cc1-c1cc(N)nc(N2Cc3c(cc(CNCC4CC4)cc3C(F)(F)F)C2=O)c1. The number of fused-ring (bicyclic) bond motifs is 1. The number of halogens is 3. The van der Waals surface area contributed by atoms with Gasteiger partial charge in [-0.05, 0) is 90.0 Å². The maximum absolute atomic E-state index is 14.1. The van der Waals surface area contributed by atoms with Gasteiger partial charge in [0, 0.05) is 24.7 Å². The first-order valence-electron chi connectivity index (χ1n) is 13.0. The van der Waals surface area contributed by atoms with Crippen LogP contribution in [-0.2, 0) is 26.3 Å². The van der Waals surface area contributed by atoms with Crippen LogP contribution in [-0.4, -0.2) is 32.2 Å². The van der Waals surface area contributed by atoms with Crippen molar-refractivity contribution in [3.63, 3.8) is 0 Å². The molecule has 0 atom stereocenters. The van der Waals surface area contributed by atoms with E-state index in [1.165, 1.54) is 17.3 Å². The molecule has 6 rings (SSSR count). The van der Waals surface area contributed by atoms with E-state index in [2.05, 4.69) is 26.6 Å². The third-order valence-corrected chi connectivity index (χ3v) is 7.39. The van der Waals surface area contributed by atoms with E-state index in [0.29, 0.717) is 39.6 Å². The average Bonchev–Trinajstić information content (AvgIpc) is 3.57. The molecule has 3 N–H and O–H groups in total. The zero-order valence-electron chi connectivity index (χ0n) is 22.0. The summed E-state index contributed by atoms with van der Waals surface area (Å²) in [5, 5.41) is 20.8. The number of carbonyl (C=O) groups excluding carboxylic acids is 1. The molecule has 1 aliphatic carbocycles. The molecule has 0 unspecified atom stereocenters. The molecule has 2 aliphatic rings. The minimum atomic E-state index is -4.64. The van der Waals surface area contributed by atoms with Crippen molar-refractivity contribution in [2.45, 2.75) is 32.1 Å². The molecule has 1 saturated carbocycles. The van der Waals surface area contributed by atoms with Crippen molar-refractivity contribution >= 4 is 17.5 Å². The summed E-state index contributed by atoms with van der Waals surface area (Å²) < 4.78 is 44.2. The van der Waals surface area contributed by atoms with Crippen molar-refractivity contribution in [3.8, 4) is 28.6 Å². The molecule has 41 heavy (non-hydrogen) atoms. The van der Waals surface area contributed by atoms with Crippen LogP contribution in [0.4, 0.5) is 24.8 Å². The normalized spacial score (nSPS) is 14.8. The number of rotatable bonds is 7. The van der Waals surface area contributed by atoms with Crippen molar-refractivity contribution in [2.24, 2.45) is 13.0 Å². The van der Waals surface area contributed by atoms with Gasteiger partial charge in [0.1, 0.15) is 18.0 Å². The number of nitriles is 1. The van der Waals surface area contributed by atoms with Crippen molar-refractivity contribution in [3.05, 3.63) is 76.6 Å². The van der Waals surface area contributed by atoms with E-state index in [1.807, 2.05) is 0 Å². The minimum Gasteiger partial charge on any atom is -0.384 e. The molecule has 0 spiro atoms. The van der Waals surface area contributed by atoms with Gasteiger partial charge >= 0.3 is 6.18 Å². The van der Waals surface area contributed by atoms with Gasteiger partial charge in [0.2, 0.25) is 0 Å². The maximum atomic E-state index is 14.1. The number of anilines is 2. The van der Waals surface area contributed by atoms with Gasteiger partial charge in [-0.25, -0.2) is 4.98 Å². The highest BCUT2D eigenvalue weighted by Crippen LogP contribution is 2.41. The summed E-state index contributed by atoms with van der Waals surface area (Å²) in [6.07, 6.45) is -0.856. The number of nitrogens with one attached hydrogen (secondary N) is 1. The van der Waals surface area contributed by atoms with Gasteiger partial charge in [-0.15, -0.1) is 10.2 Å². The summed E-state index contributed by atoms with van der Waals surface area (Å²) in [5.74, 6) is 0.680.